The van der Waals surface area contributed by atoms with Crippen molar-refractivity contribution in [1.29, 1.82) is 0 Å². The number of hydrogen-bond donors (Lipinski definition) is 1. The number of pyridine rings is 1. The molecule has 1 aliphatic heterocycles. The third kappa shape index (κ3) is 5.18. The quantitative estimate of drug-likeness (QED) is 0.242. The summed E-state index contributed by atoms with van der Waals surface area (Å²) in [7, 11) is 0. The van der Waals surface area contributed by atoms with Gasteiger partial charge in [0, 0.05) is 35.8 Å². The zero-order valence-corrected chi connectivity index (χ0v) is 20.8. The standard InChI is InChI=1S/C33H35N2O/c1-3-25(2)28-18-20-35(24-27-14-8-5-9-15-27)32(22-28)33(36)30-19-21-34(23-26-12-6-4-7-13-26)31-17-11-10-16-29(30)31/h3-17,19,21,28,32-33,36H,1-2,18,20,22-24H2/q+1/t28-,32+,33-/m0/s1. The van der Waals surface area contributed by atoms with E-state index in [1.807, 2.05) is 12.1 Å². The van der Waals surface area contributed by atoms with Crippen LogP contribution in [0.2, 0.25) is 0 Å². The third-order valence-corrected chi connectivity index (χ3v) is 7.61. The molecule has 1 saturated heterocycles. The van der Waals surface area contributed by atoms with Crippen LogP contribution in [0.15, 0.2) is 122 Å². The van der Waals surface area contributed by atoms with Gasteiger partial charge in [0.1, 0.15) is 0 Å². The molecule has 3 atom stereocenters. The topological polar surface area (TPSA) is 27.3 Å². The number of piperidine rings is 1. The largest absolute Gasteiger partial charge is 0.387 e. The number of nitrogens with zero attached hydrogens (tertiary/aromatic N) is 2. The number of rotatable bonds is 8. The number of aliphatic hydroxyl groups excluding tert-OH is 1. The maximum absolute atomic E-state index is 11.9. The first-order valence-electron chi connectivity index (χ1n) is 12.9. The van der Waals surface area contributed by atoms with Gasteiger partial charge in [-0.25, -0.2) is 0 Å². The Bertz CT molecular complexity index is 1330. The molecule has 0 radical (unpaired) electrons. The van der Waals surface area contributed by atoms with Crippen molar-refractivity contribution >= 4 is 10.9 Å². The average molecular weight is 476 g/mol. The molecule has 36 heavy (non-hydrogen) atoms. The highest BCUT2D eigenvalue weighted by atomic mass is 16.3. The minimum atomic E-state index is -0.606. The van der Waals surface area contributed by atoms with E-state index in [9.17, 15) is 5.11 Å². The van der Waals surface area contributed by atoms with Crippen molar-refractivity contribution in [3.8, 4) is 0 Å². The van der Waals surface area contributed by atoms with Gasteiger partial charge in [0.15, 0.2) is 12.7 Å². The van der Waals surface area contributed by atoms with Crippen LogP contribution in [-0.4, -0.2) is 22.6 Å². The van der Waals surface area contributed by atoms with E-state index in [4.69, 9.17) is 0 Å². The van der Waals surface area contributed by atoms with Crippen LogP contribution < -0.4 is 4.57 Å². The molecule has 0 saturated carbocycles. The van der Waals surface area contributed by atoms with Gasteiger partial charge in [0.25, 0.3) is 0 Å². The molecule has 0 amide bonds. The van der Waals surface area contributed by atoms with Crippen LogP contribution in [0.3, 0.4) is 0 Å². The molecule has 0 bridgehead atoms. The molecular weight excluding hydrogens is 440 g/mol. The van der Waals surface area contributed by atoms with E-state index in [-0.39, 0.29) is 6.04 Å². The van der Waals surface area contributed by atoms with Crippen LogP contribution in [0.5, 0.6) is 0 Å². The van der Waals surface area contributed by atoms with E-state index in [2.05, 4.69) is 114 Å². The van der Waals surface area contributed by atoms with Crippen LogP contribution in [-0.2, 0) is 13.1 Å². The lowest BCUT2D eigenvalue weighted by molar-refractivity contribution is -0.662. The van der Waals surface area contributed by atoms with Gasteiger partial charge < -0.3 is 5.11 Å². The highest BCUT2D eigenvalue weighted by molar-refractivity contribution is 5.79. The minimum absolute atomic E-state index is 0.00552. The van der Waals surface area contributed by atoms with Crippen LogP contribution in [0.1, 0.15) is 35.6 Å². The molecule has 0 spiro atoms. The molecule has 3 heteroatoms. The zero-order chi connectivity index (χ0) is 24.9. The molecular formula is C33H35N2O+. The fourth-order valence-corrected chi connectivity index (χ4v) is 5.58. The normalized spacial score (nSPS) is 19.1. The van der Waals surface area contributed by atoms with Crippen molar-refractivity contribution in [3.63, 3.8) is 0 Å². The second-order valence-electron chi connectivity index (χ2n) is 9.87. The Labute approximate surface area is 214 Å². The molecule has 0 aliphatic carbocycles. The van der Waals surface area contributed by atoms with Gasteiger partial charge in [-0.05, 0) is 36.9 Å². The van der Waals surface area contributed by atoms with Crippen molar-refractivity contribution in [3.05, 3.63) is 139 Å². The Balaban J connectivity index is 1.49. The average Bonchev–Trinajstić information content (AvgIpc) is 2.94. The summed E-state index contributed by atoms with van der Waals surface area (Å²) in [6.07, 6.45) is 5.30. The monoisotopic (exact) mass is 475 g/mol. The van der Waals surface area contributed by atoms with Crippen LogP contribution in [0, 0.1) is 5.92 Å². The summed E-state index contributed by atoms with van der Waals surface area (Å²) in [6.45, 7) is 10.8. The number of benzene rings is 3. The second-order valence-corrected chi connectivity index (χ2v) is 9.87. The number of hydrogen-bond acceptors (Lipinski definition) is 2. The van der Waals surface area contributed by atoms with Crippen LogP contribution in [0.25, 0.3) is 10.9 Å². The summed E-state index contributed by atoms with van der Waals surface area (Å²) in [5, 5.41) is 13.0. The summed E-state index contributed by atoms with van der Waals surface area (Å²) in [5.41, 5.74) is 5.73. The van der Waals surface area contributed by atoms with Gasteiger partial charge in [-0.15, -0.1) is 0 Å². The Morgan fingerprint density at radius 2 is 1.61 bits per heavy atom. The zero-order valence-electron chi connectivity index (χ0n) is 20.8. The summed E-state index contributed by atoms with van der Waals surface area (Å²) in [5.74, 6) is 0.340. The van der Waals surface area contributed by atoms with Crippen molar-refractivity contribution in [2.45, 2.75) is 38.1 Å². The minimum Gasteiger partial charge on any atom is -0.387 e. The lowest BCUT2D eigenvalue weighted by Crippen LogP contribution is -2.46. The number of aliphatic hydroxyl groups is 1. The lowest BCUT2D eigenvalue weighted by Gasteiger charge is -2.42. The first-order valence-corrected chi connectivity index (χ1v) is 12.9. The van der Waals surface area contributed by atoms with Crippen molar-refractivity contribution in [1.82, 2.24) is 4.90 Å². The molecule has 1 fully saturated rings. The number of para-hydroxylation sites is 1. The highest BCUT2D eigenvalue weighted by Gasteiger charge is 2.35. The predicted molar refractivity (Wildman–Crippen MR) is 147 cm³/mol. The number of aromatic nitrogens is 1. The number of likely N-dealkylation sites (tertiary alicyclic amines) is 1. The molecule has 3 nitrogen and oxygen atoms in total. The smallest absolute Gasteiger partial charge is 0.213 e. The van der Waals surface area contributed by atoms with Crippen molar-refractivity contribution < 1.29 is 9.67 Å². The van der Waals surface area contributed by atoms with Gasteiger partial charge in [-0.2, -0.15) is 4.57 Å². The molecule has 1 aromatic heterocycles. The predicted octanol–water partition coefficient (Wildman–Crippen LogP) is 6.23. The highest BCUT2D eigenvalue weighted by Crippen LogP contribution is 2.37. The maximum atomic E-state index is 11.9. The van der Waals surface area contributed by atoms with E-state index in [0.29, 0.717) is 5.92 Å². The summed E-state index contributed by atoms with van der Waals surface area (Å²) in [6, 6.07) is 31.6. The third-order valence-electron chi connectivity index (χ3n) is 7.61. The molecule has 1 aliphatic rings. The first kappa shape index (κ1) is 24.2. The molecule has 3 aromatic carbocycles. The molecule has 5 rings (SSSR count). The van der Waals surface area contributed by atoms with E-state index >= 15 is 0 Å². The maximum Gasteiger partial charge on any atom is 0.213 e. The van der Waals surface area contributed by atoms with Crippen molar-refractivity contribution in [2.75, 3.05) is 6.54 Å². The lowest BCUT2D eigenvalue weighted by atomic mass is 9.81. The Kier molecular flexibility index (Phi) is 7.41. The first-order chi connectivity index (χ1) is 17.6. The Morgan fingerprint density at radius 3 is 2.33 bits per heavy atom. The molecule has 0 unspecified atom stereocenters. The van der Waals surface area contributed by atoms with Gasteiger partial charge >= 0.3 is 0 Å². The fourth-order valence-electron chi connectivity index (χ4n) is 5.58. The van der Waals surface area contributed by atoms with Crippen LogP contribution in [0.4, 0.5) is 0 Å². The van der Waals surface area contributed by atoms with Crippen molar-refractivity contribution in [2.24, 2.45) is 5.92 Å². The Hall–Kier alpha value is -3.53. The van der Waals surface area contributed by atoms with Gasteiger partial charge in [-0.3, -0.25) is 4.90 Å². The summed E-state index contributed by atoms with van der Waals surface area (Å²) < 4.78 is 2.27. The van der Waals surface area contributed by atoms with E-state index < -0.39 is 6.10 Å². The van der Waals surface area contributed by atoms with Gasteiger partial charge in [-0.1, -0.05) is 97.6 Å². The Morgan fingerprint density at radius 1 is 0.944 bits per heavy atom. The fraction of sp³-hybridized carbons (Fsp3) is 0.242. The summed E-state index contributed by atoms with van der Waals surface area (Å²) >= 11 is 0. The summed E-state index contributed by atoms with van der Waals surface area (Å²) in [4.78, 5) is 2.45. The number of fused-ring (bicyclic) bond motifs is 1. The molecule has 4 aromatic rings. The molecule has 1 N–H and O–H groups in total. The molecule has 2 heterocycles. The molecule has 182 valence electrons. The van der Waals surface area contributed by atoms with Gasteiger partial charge in [0.05, 0.1) is 11.5 Å². The second kappa shape index (κ2) is 11.0. The SMILES string of the molecule is C=CC(=C)[C@H]1CCN(Cc2ccccc2)[C@@H]([C@@H](O)c2cc[n+](Cc3ccccc3)c3ccccc23)C1. The van der Waals surface area contributed by atoms with Gasteiger partial charge in [0.2, 0.25) is 5.52 Å². The van der Waals surface area contributed by atoms with E-state index in [1.54, 1.807) is 0 Å². The van der Waals surface area contributed by atoms with E-state index in [0.717, 1.165) is 54.5 Å². The van der Waals surface area contributed by atoms with E-state index in [1.165, 1.54) is 11.1 Å². The number of allylic oxidation sites excluding steroid dienone is 2. The van der Waals surface area contributed by atoms with Crippen LogP contribution >= 0.6 is 0 Å².